The molecule has 0 bridgehead atoms. The van der Waals surface area contributed by atoms with Gasteiger partial charge in [-0.1, -0.05) is 5.21 Å². The number of hydrogen-bond donors (Lipinski definition) is 1. The Labute approximate surface area is 104 Å². The molecule has 1 N–H and O–H groups in total. The number of pyridine rings is 1. The number of aromatic carboxylic acids is 1. The Balaban J connectivity index is 2.55. The zero-order valence-electron chi connectivity index (χ0n) is 9.29. The molecule has 0 aliphatic heterocycles. The molecule has 100 valence electrons. The Morgan fingerprint density at radius 2 is 2.16 bits per heavy atom. The van der Waals surface area contributed by atoms with E-state index in [4.69, 9.17) is 5.11 Å². The van der Waals surface area contributed by atoms with Gasteiger partial charge >= 0.3 is 12.1 Å². The molecule has 0 spiro atoms. The molecule has 0 unspecified atom stereocenters. The van der Waals surface area contributed by atoms with Gasteiger partial charge in [0, 0.05) is 18.0 Å². The first-order valence-electron chi connectivity index (χ1n) is 5.02. The van der Waals surface area contributed by atoms with E-state index in [1.165, 1.54) is 24.5 Å². The number of alkyl halides is 3. The fourth-order valence-electron chi connectivity index (χ4n) is 1.53. The van der Waals surface area contributed by atoms with Gasteiger partial charge in [0.2, 0.25) is 0 Å². The molecular weight excluding hydrogens is 265 g/mol. The summed E-state index contributed by atoms with van der Waals surface area (Å²) in [5.74, 6) is -1.45. The van der Waals surface area contributed by atoms with E-state index in [1.54, 1.807) is 0 Å². The van der Waals surface area contributed by atoms with Gasteiger partial charge in [0.15, 0.2) is 5.69 Å². The van der Waals surface area contributed by atoms with Gasteiger partial charge in [-0.15, -0.1) is 5.10 Å². The third-order valence-corrected chi connectivity index (χ3v) is 2.20. The number of carbonyl (C=O) groups is 1. The van der Waals surface area contributed by atoms with Crippen molar-refractivity contribution >= 4 is 5.97 Å². The second kappa shape index (κ2) is 4.67. The average molecular weight is 272 g/mol. The number of carboxylic acid groups (broad SMARTS) is 1. The summed E-state index contributed by atoms with van der Waals surface area (Å²) in [6.07, 6.45) is -1.86. The largest absolute Gasteiger partial charge is 0.476 e. The fraction of sp³-hybridized carbons (Fsp3) is 0.200. The van der Waals surface area contributed by atoms with Crippen molar-refractivity contribution in [1.82, 2.24) is 20.0 Å². The zero-order valence-corrected chi connectivity index (χ0v) is 9.29. The minimum atomic E-state index is -4.53. The van der Waals surface area contributed by atoms with Gasteiger partial charge in [0.05, 0.1) is 0 Å². The van der Waals surface area contributed by atoms with Crippen LogP contribution >= 0.6 is 0 Å². The molecule has 0 radical (unpaired) electrons. The maximum Gasteiger partial charge on any atom is 0.408 e. The van der Waals surface area contributed by atoms with Crippen LogP contribution in [0.5, 0.6) is 0 Å². The van der Waals surface area contributed by atoms with Crippen molar-refractivity contribution in [3.63, 3.8) is 0 Å². The molecule has 6 nitrogen and oxygen atoms in total. The maximum absolute atomic E-state index is 12.4. The van der Waals surface area contributed by atoms with Gasteiger partial charge < -0.3 is 5.11 Å². The van der Waals surface area contributed by atoms with E-state index in [1.807, 2.05) is 0 Å². The normalized spacial score (nSPS) is 11.5. The number of carboxylic acids is 1. The Hall–Kier alpha value is -2.45. The molecule has 9 heteroatoms. The van der Waals surface area contributed by atoms with Crippen molar-refractivity contribution in [2.24, 2.45) is 0 Å². The molecule has 2 heterocycles. The number of nitrogens with zero attached hydrogens (tertiary/aromatic N) is 4. The Kier molecular flexibility index (Phi) is 3.19. The van der Waals surface area contributed by atoms with Crippen LogP contribution in [-0.2, 0) is 6.54 Å². The molecule has 19 heavy (non-hydrogen) atoms. The molecule has 0 aliphatic carbocycles. The fourth-order valence-corrected chi connectivity index (χ4v) is 1.53. The van der Waals surface area contributed by atoms with E-state index < -0.39 is 24.4 Å². The maximum atomic E-state index is 12.4. The van der Waals surface area contributed by atoms with Gasteiger partial charge in [0.1, 0.15) is 12.2 Å². The highest BCUT2D eigenvalue weighted by Gasteiger charge is 2.32. The zero-order chi connectivity index (χ0) is 14.0. The molecule has 0 saturated heterocycles. The third-order valence-electron chi connectivity index (χ3n) is 2.20. The van der Waals surface area contributed by atoms with Gasteiger partial charge in [-0.05, 0) is 12.1 Å². The summed E-state index contributed by atoms with van der Waals surface area (Å²) in [6.45, 7) is -1.42. The lowest BCUT2D eigenvalue weighted by Crippen LogP contribution is -2.19. The predicted octanol–water partition coefficient (Wildman–Crippen LogP) is 1.60. The third kappa shape index (κ3) is 2.87. The molecule has 0 atom stereocenters. The second-order valence-electron chi connectivity index (χ2n) is 3.61. The molecule has 2 aromatic rings. The van der Waals surface area contributed by atoms with Gasteiger partial charge in [-0.25, -0.2) is 9.48 Å². The first-order valence-corrected chi connectivity index (χ1v) is 5.02. The summed E-state index contributed by atoms with van der Waals surface area (Å²) < 4.78 is 37.7. The molecule has 2 aromatic heterocycles. The molecule has 0 saturated carbocycles. The highest BCUT2D eigenvalue weighted by atomic mass is 19.4. The summed E-state index contributed by atoms with van der Waals surface area (Å²) in [6, 6.07) is 2.91. The smallest absolute Gasteiger partial charge is 0.408 e. The van der Waals surface area contributed by atoms with E-state index in [2.05, 4.69) is 15.3 Å². The van der Waals surface area contributed by atoms with Crippen LogP contribution in [0.1, 0.15) is 10.5 Å². The summed E-state index contributed by atoms with van der Waals surface area (Å²) in [4.78, 5) is 14.7. The van der Waals surface area contributed by atoms with Crippen LogP contribution in [0.4, 0.5) is 13.2 Å². The minimum absolute atomic E-state index is 0.203. The molecule has 0 aromatic carbocycles. The van der Waals surface area contributed by atoms with Gasteiger partial charge in [-0.2, -0.15) is 13.2 Å². The lowest BCUT2D eigenvalue weighted by atomic mass is 10.1. The molecule has 0 amide bonds. The average Bonchev–Trinajstić information content (AvgIpc) is 2.71. The quantitative estimate of drug-likeness (QED) is 0.917. The van der Waals surface area contributed by atoms with Crippen LogP contribution in [0.25, 0.3) is 11.3 Å². The van der Waals surface area contributed by atoms with E-state index in [-0.39, 0.29) is 11.3 Å². The first kappa shape index (κ1) is 13.0. The highest BCUT2D eigenvalue weighted by molar-refractivity contribution is 5.92. The SMILES string of the molecule is O=C(O)c1nnn(CC(F)(F)F)c1-c1cccnc1. The van der Waals surface area contributed by atoms with Crippen molar-refractivity contribution < 1.29 is 23.1 Å². The van der Waals surface area contributed by atoms with Crippen LogP contribution in [0.15, 0.2) is 24.5 Å². The van der Waals surface area contributed by atoms with Crippen molar-refractivity contribution in [2.45, 2.75) is 12.7 Å². The summed E-state index contributed by atoms with van der Waals surface area (Å²) >= 11 is 0. The van der Waals surface area contributed by atoms with Crippen molar-refractivity contribution in [3.05, 3.63) is 30.2 Å². The summed E-state index contributed by atoms with van der Waals surface area (Å²) in [5.41, 5.74) is -0.565. The van der Waals surface area contributed by atoms with Crippen LogP contribution in [0.2, 0.25) is 0 Å². The van der Waals surface area contributed by atoms with Gasteiger partial charge in [0.25, 0.3) is 0 Å². The summed E-state index contributed by atoms with van der Waals surface area (Å²) in [7, 11) is 0. The number of halogens is 3. The highest BCUT2D eigenvalue weighted by Crippen LogP contribution is 2.25. The minimum Gasteiger partial charge on any atom is -0.476 e. The Bertz CT molecular complexity index is 595. The first-order chi connectivity index (χ1) is 8.88. The van der Waals surface area contributed by atoms with E-state index in [0.29, 0.717) is 4.68 Å². The standard InChI is InChI=1S/C10H7F3N4O2/c11-10(12,13)5-17-8(6-2-1-3-14-4-6)7(9(18)19)15-16-17/h1-4H,5H2,(H,18,19). The van der Waals surface area contributed by atoms with Crippen LogP contribution < -0.4 is 0 Å². The van der Waals surface area contributed by atoms with Crippen molar-refractivity contribution in [2.75, 3.05) is 0 Å². The van der Waals surface area contributed by atoms with E-state index in [0.717, 1.165) is 0 Å². The van der Waals surface area contributed by atoms with Crippen LogP contribution in [0.3, 0.4) is 0 Å². The van der Waals surface area contributed by atoms with Crippen molar-refractivity contribution in [1.29, 1.82) is 0 Å². The lowest BCUT2D eigenvalue weighted by Gasteiger charge is -2.09. The van der Waals surface area contributed by atoms with Crippen LogP contribution in [-0.4, -0.2) is 37.2 Å². The number of aromatic nitrogens is 4. The Morgan fingerprint density at radius 3 is 2.68 bits per heavy atom. The van der Waals surface area contributed by atoms with E-state index in [9.17, 15) is 18.0 Å². The van der Waals surface area contributed by atoms with Gasteiger partial charge in [-0.3, -0.25) is 4.98 Å². The van der Waals surface area contributed by atoms with Crippen molar-refractivity contribution in [3.8, 4) is 11.3 Å². The Morgan fingerprint density at radius 1 is 1.42 bits per heavy atom. The lowest BCUT2D eigenvalue weighted by molar-refractivity contribution is -0.142. The molecule has 0 fully saturated rings. The topological polar surface area (TPSA) is 80.9 Å². The second-order valence-corrected chi connectivity index (χ2v) is 3.61. The monoisotopic (exact) mass is 272 g/mol. The number of rotatable bonds is 3. The molecular formula is C10H7F3N4O2. The molecule has 0 aliphatic rings. The van der Waals surface area contributed by atoms with E-state index >= 15 is 0 Å². The molecule has 2 rings (SSSR count). The summed E-state index contributed by atoms with van der Waals surface area (Å²) in [5, 5.41) is 15.4. The van der Waals surface area contributed by atoms with Crippen LogP contribution in [0, 0.1) is 0 Å². The predicted molar refractivity (Wildman–Crippen MR) is 56.3 cm³/mol. The number of hydrogen-bond acceptors (Lipinski definition) is 4.